The number of amides is 1. The standard InChI is InChI=1S/C33H47NO6/c1-21(2)39-29(37)32(9,10)40-24-13-11-12-23(20-24)33(38)14-16-34(17-15-33)28(36)22-18-25(30(3,4)5)27(35)26(19-22)31(6,7)8/h11-13,18-21,35,38H,14-17H2,1-10H3. The maximum Gasteiger partial charge on any atom is 0.350 e. The Morgan fingerprint density at radius 1 is 0.900 bits per heavy atom. The molecular weight excluding hydrogens is 506 g/mol. The molecule has 1 saturated heterocycles. The SMILES string of the molecule is CC(C)OC(=O)C(C)(C)Oc1cccc(C2(O)CCN(C(=O)c3cc(C(C)(C)C)c(O)c(C(C)(C)C)c3)CC2)c1. The van der Waals surface area contributed by atoms with E-state index in [0.29, 0.717) is 42.8 Å². The minimum Gasteiger partial charge on any atom is -0.507 e. The summed E-state index contributed by atoms with van der Waals surface area (Å²) in [4.78, 5) is 27.9. The van der Waals surface area contributed by atoms with Gasteiger partial charge in [-0.2, -0.15) is 0 Å². The number of aromatic hydroxyl groups is 1. The molecule has 0 aliphatic carbocycles. The predicted octanol–water partition coefficient (Wildman–Crippen LogP) is 6.22. The number of ether oxygens (including phenoxy) is 2. The van der Waals surface area contributed by atoms with Crippen molar-refractivity contribution in [1.29, 1.82) is 0 Å². The lowest BCUT2D eigenvalue weighted by molar-refractivity contribution is -0.163. The smallest absolute Gasteiger partial charge is 0.350 e. The van der Waals surface area contributed by atoms with Crippen LogP contribution in [-0.2, 0) is 26.0 Å². The number of carbonyl (C=O) groups is 2. The first kappa shape index (κ1) is 31.5. The lowest BCUT2D eigenvalue weighted by atomic mass is 9.78. The Kier molecular flexibility index (Phi) is 8.71. The van der Waals surface area contributed by atoms with Crippen LogP contribution in [0.15, 0.2) is 36.4 Å². The summed E-state index contributed by atoms with van der Waals surface area (Å²) in [7, 11) is 0. The van der Waals surface area contributed by atoms with Crippen molar-refractivity contribution in [2.75, 3.05) is 13.1 Å². The van der Waals surface area contributed by atoms with Gasteiger partial charge in [-0.15, -0.1) is 0 Å². The van der Waals surface area contributed by atoms with Crippen LogP contribution >= 0.6 is 0 Å². The molecule has 0 aromatic heterocycles. The third-order valence-corrected chi connectivity index (χ3v) is 7.43. The van der Waals surface area contributed by atoms with E-state index in [2.05, 4.69) is 0 Å². The molecule has 2 aromatic rings. The molecule has 0 spiro atoms. The van der Waals surface area contributed by atoms with Gasteiger partial charge in [0, 0.05) is 29.8 Å². The van der Waals surface area contributed by atoms with Crippen LogP contribution < -0.4 is 4.74 Å². The highest BCUT2D eigenvalue weighted by Crippen LogP contribution is 2.41. The molecule has 7 heteroatoms. The molecule has 0 bridgehead atoms. The van der Waals surface area contributed by atoms with Crippen LogP contribution in [0, 0.1) is 0 Å². The molecule has 1 amide bonds. The zero-order valence-electron chi connectivity index (χ0n) is 25.8. The van der Waals surface area contributed by atoms with Gasteiger partial charge in [0.2, 0.25) is 0 Å². The Bertz CT molecular complexity index is 1210. The van der Waals surface area contributed by atoms with Gasteiger partial charge in [-0.1, -0.05) is 53.7 Å². The van der Waals surface area contributed by atoms with Crippen molar-refractivity contribution in [3.8, 4) is 11.5 Å². The van der Waals surface area contributed by atoms with Crippen LogP contribution in [0.2, 0.25) is 0 Å². The molecule has 40 heavy (non-hydrogen) atoms. The summed E-state index contributed by atoms with van der Waals surface area (Å²) in [5.41, 5.74) is -0.290. The Morgan fingerprint density at radius 3 is 1.90 bits per heavy atom. The van der Waals surface area contributed by atoms with Gasteiger partial charge in [-0.3, -0.25) is 4.79 Å². The van der Waals surface area contributed by atoms with E-state index in [9.17, 15) is 19.8 Å². The van der Waals surface area contributed by atoms with Crippen LogP contribution in [0.3, 0.4) is 0 Å². The molecule has 1 aliphatic rings. The molecule has 1 aliphatic heterocycles. The number of nitrogens with zero attached hydrogens (tertiary/aromatic N) is 1. The highest BCUT2D eigenvalue weighted by molar-refractivity contribution is 5.95. The maximum atomic E-state index is 13.7. The summed E-state index contributed by atoms with van der Waals surface area (Å²) in [6.07, 6.45) is 0.464. The predicted molar refractivity (Wildman–Crippen MR) is 157 cm³/mol. The molecule has 3 rings (SSSR count). The summed E-state index contributed by atoms with van der Waals surface area (Å²) in [5, 5.41) is 22.6. The number of esters is 1. The average Bonchev–Trinajstić information content (AvgIpc) is 2.82. The van der Waals surface area contributed by atoms with E-state index in [4.69, 9.17) is 9.47 Å². The van der Waals surface area contributed by atoms with E-state index in [0.717, 1.165) is 11.1 Å². The van der Waals surface area contributed by atoms with Crippen molar-refractivity contribution in [1.82, 2.24) is 4.90 Å². The molecule has 2 N–H and O–H groups in total. The number of likely N-dealkylation sites (tertiary alicyclic amines) is 1. The van der Waals surface area contributed by atoms with Gasteiger partial charge in [0.1, 0.15) is 11.5 Å². The fraction of sp³-hybridized carbons (Fsp3) is 0.576. The zero-order chi connectivity index (χ0) is 30.3. The molecule has 2 aromatic carbocycles. The third kappa shape index (κ3) is 6.98. The van der Waals surface area contributed by atoms with Crippen LogP contribution in [0.5, 0.6) is 11.5 Å². The van der Waals surface area contributed by atoms with Gasteiger partial charge in [0.05, 0.1) is 11.7 Å². The fourth-order valence-corrected chi connectivity index (χ4v) is 4.99. The second-order valence-electron chi connectivity index (χ2n) is 13.8. The Balaban J connectivity index is 1.80. The van der Waals surface area contributed by atoms with E-state index >= 15 is 0 Å². The minimum absolute atomic E-state index is 0.111. The van der Waals surface area contributed by atoms with Gasteiger partial charge in [0.25, 0.3) is 5.91 Å². The number of piperidine rings is 1. The first-order chi connectivity index (χ1) is 18.2. The summed E-state index contributed by atoms with van der Waals surface area (Å²) < 4.78 is 11.3. The highest BCUT2D eigenvalue weighted by Gasteiger charge is 2.38. The van der Waals surface area contributed by atoms with E-state index in [-0.39, 0.29) is 28.6 Å². The zero-order valence-corrected chi connectivity index (χ0v) is 25.8. The van der Waals surface area contributed by atoms with E-state index in [1.165, 1.54) is 0 Å². The monoisotopic (exact) mass is 553 g/mol. The number of benzene rings is 2. The molecule has 220 valence electrons. The molecule has 7 nitrogen and oxygen atoms in total. The molecular formula is C33H47NO6. The van der Waals surface area contributed by atoms with Crippen molar-refractivity contribution in [3.05, 3.63) is 58.7 Å². The van der Waals surface area contributed by atoms with E-state index in [1.807, 2.05) is 47.6 Å². The minimum atomic E-state index is -1.19. The number of rotatable bonds is 6. The van der Waals surface area contributed by atoms with E-state index < -0.39 is 17.2 Å². The summed E-state index contributed by atoms with van der Waals surface area (Å²) >= 11 is 0. The van der Waals surface area contributed by atoms with Crippen molar-refractivity contribution in [3.63, 3.8) is 0 Å². The number of aliphatic hydroxyl groups is 1. The largest absolute Gasteiger partial charge is 0.507 e. The Hall–Kier alpha value is -3.06. The van der Waals surface area contributed by atoms with Gasteiger partial charge < -0.3 is 24.6 Å². The third-order valence-electron chi connectivity index (χ3n) is 7.43. The molecule has 0 unspecified atom stereocenters. The first-order valence-electron chi connectivity index (χ1n) is 14.1. The lowest BCUT2D eigenvalue weighted by Gasteiger charge is -2.39. The fourth-order valence-electron chi connectivity index (χ4n) is 4.99. The summed E-state index contributed by atoms with van der Waals surface area (Å²) in [6.45, 7) is 19.8. The van der Waals surface area contributed by atoms with Crippen LogP contribution in [0.1, 0.15) is 109 Å². The molecule has 0 saturated carbocycles. The van der Waals surface area contributed by atoms with Crippen LogP contribution in [0.25, 0.3) is 0 Å². The molecule has 1 fully saturated rings. The Labute approximate surface area is 239 Å². The first-order valence-corrected chi connectivity index (χ1v) is 14.1. The lowest BCUT2D eigenvalue weighted by Crippen LogP contribution is -2.45. The van der Waals surface area contributed by atoms with Crippen LogP contribution in [-0.4, -0.2) is 51.8 Å². The Morgan fingerprint density at radius 2 is 1.43 bits per heavy atom. The van der Waals surface area contributed by atoms with E-state index in [1.54, 1.807) is 62.9 Å². The van der Waals surface area contributed by atoms with Gasteiger partial charge in [-0.05, 0) is 81.2 Å². The number of phenols is 1. The number of phenolic OH excluding ortho intramolecular Hbond substituents is 1. The van der Waals surface area contributed by atoms with Gasteiger partial charge in [-0.25, -0.2) is 4.79 Å². The van der Waals surface area contributed by atoms with Gasteiger partial charge in [0.15, 0.2) is 5.60 Å². The normalized spacial score (nSPS) is 16.1. The highest BCUT2D eigenvalue weighted by atomic mass is 16.6. The maximum absolute atomic E-state index is 13.7. The molecule has 0 radical (unpaired) electrons. The van der Waals surface area contributed by atoms with Crippen molar-refractivity contribution < 1.29 is 29.3 Å². The second-order valence-corrected chi connectivity index (χ2v) is 13.8. The van der Waals surface area contributed by atoms with Crippen molar-refractivity contribution in [2.24, 2.45) is 0 Å². The topological polar surface area (TPSA) is 96.3 Å². The quantitative estimate of drug-likeness (QED) is 0.412. The summed E-state index contributed by atoms with van der Waals surface area (Å²) in [6, 6.07) is 10.8. The number of hydrogen-bond donors (Lipinski definition) is 2. The summed E-state index contributed by atoms with van der Waals surface area (Å²) in [5.74, 6) is 0.133. The number of carbonyl (C=O) groups excluding carboxylic acids is 2. The van der Waals surface area contributed by atoms with Crippen molar-refractivity contribution >= 4 is 11.9 Å². The number of hydrogen-bond acceptors (Lipinski definition) is 6. The average molecular weight is 554 g/mol. The molecule has 1 heterocycles. The molecule has 0 atom stereocenters. The van der Waals surface area contributed by atoms with Crippen LogP contribution in [0.4, 0.5) is 0 Å². The van der Waals surface area contributed by atoms with Crippen molar-refractivity contribution in [2.45, 2.75) is 110 Å². The van der Waals surface area contributed by atoms with Gasteiger partial charge >= 0.3 is 5.97 Å². The second kappa shape index (κ2) is 11.1.